The molecule has 0 spiro atoms. The second-order valence-corrected chi connectivity index (χ2v) is 8.13. The van der Waals surface area contributed by atoms with Gasteiger partial charge in [0.15, 0.2) is 0 Å². The molecule has 21 heavy (non-hydrogen) atoms. The zero-order chi connectivity index (χ0) is 15.6. The number of benzene rings is 2. The molecule has 2 aromatic carbocycles. The molecule has 112 valence electrons. The van der Waals surface area contributed by atoms with Gasteiger partial charge in [-0.3, -0.25) is 0 Å². The smallest absolute Gasteiger partial charge is 0.207 e. The summed E-state index contributed by atoms with van der Waals surface area (Å²) >= 11 is 9.15. The van der Waals surface area contributed by atoms with E-state index in [-0.39, 0.29) is 4.90 Å². The minimum absolute atomic E-state index is 0.268. The Labute approximate surface area is 138 Å². The van der Waals surface area contributed by atoms with Crippen molar-refractivity contribution in [3.05, 3.63) is 63.1 Å². The lowest BCUT2D eigenvalue weighted by Gasteiger charge is -2.18. The Balaban J connectivity index is 2.28. The average molecular weight is 389 g/mol. The van der Waals surface area contributed by atoms with Gasteiger partial charge in [-0.2, -0.15) is 4.31 Å². The van der Waals surface area contributed by atoms with E-state index in [1.807, 2.05) is 19.1 Å². The summed E-state index contributed by atoms with van der Waals surface area (Å²) in [6, 6.07) is 12.3. The molecule has 2 aromatic rings. The highest BCUT2D eigenvalue weighted by Gasteiger charge is 2.23. The normalized spacial score (nSPS) is 11.9. The van der Waals surface area contributed by atoms with E-state index in [0.29, 0.717) is 16.0 Å². The number of rotatable bonds is 4. The lowest BCUT2D eigenvalue weighted by molar-refractivity contribution is 0.466. The Morgan fingerprint density at radius 2 is 1.76 bits per heavy atom. The van der Waals surface area contributed by atoms with Crippen LogP contribution in [0, 0.1) is 6.92 Å². The van der Waals surface area contributed by atoms with Crippen molar-refractivity contribution >= 4 is 37.6 Å². The van der Waals surface area contributed by atoms with Gasteiger partial charge in [-0.1, -0.05) is 29.8 Å². The molecular formula is C15H15BrClNO2S. The monoisotopic (exact) mass is 387 g/mol. The van der Waals surface area contributed by atoms with Gasteiger partial charge in [0, 0.05) is 23.1 Å². The van der Waals surface area contributed by atoms with E-state index in [4.69, 9.17) is 11.6 Å². The molecule has 3 nitrogen and oxygen atoms in total. The highest BCUT2D eigenvalue weighted by Crippen LogP contribution is 2.26. The molecule has 0 heterocycles. The van der Waals surface area contributed by atoms with Crippen molar-refractivity contribution in [2.45, 2.75) is 18.4 Å². The van der Waals surface area contributed by atoms with E-state index in [1.54, 1.807) is 37.4 Å². The van der Waals surface area contributed by atoms with Crippen LogP contribution in [0.3, 0.4) is 0 Å². The van der Waals surface area contributed by atoms with Gasteiger partial charge in [-0.05, 0) is 58.2 Å². The Morgan fingerprint density at radius 3 is 2.33 bits per heavy atom. The Hall–Kier alpha value is -0.880. The van der Waals surface area contributed by atoms with Crippen LogP contribution in [0.25, 0.3) is 0 Å². The van der Waals surface area contributed by atoms with Crippen molar-refractivity contribution < 1.29 is 8.42 Å². The highest BCUT2D eigenvalue weighted by molar-refractivity contribution is 9.10. The third kappa shape index (κ3) is 3.86. The van der Waals surface area contributed by atoms with Gasteiger partial charge in [0.05, 0.1) is 4.90 Å². The Kier molecular flexibility index (Phi) is 5.09. The van der Waals surface area contributed by atoms with Crippen molar-refractivity contribution in [1.29, 1.82) is 0 Å². The standard InChI is InChI=1S/C15H15BrClNO2S/c1-11-3-8-15(14(16)9-11)21(19,20)18(2)10-12-4-6-13(17)7-5-12/h3-9H,10H2,1-2H3. The van der Waals surface area contributed by atoms with Crippen LogP contribution in [-0.4, -0.2) is 19.8 Å². The van der Waals surface area contributed by atoms with Crippen molar-refractivity contribution in [1.82, 2.24) is 4.31 Å². The molecule has 0 saturated carbocycles. The van der Waals surface area contributed by atoms with E-state index in [0.717, 1.165) is 11.1 Å². The fourth-order valence-corrected chi connectivity index (χ4v) is 4.35. The first-order chi connectivity index (χ1) is 9.80. The summed E-state index contributed by atoms with van der Waals surface area (Å²) in [5.41, 5.74) is 1.88. The number of aryl methyl sites for hydroxylation is 1. The Morgan fingerprint density at radius 1 is 1.14 bits per heavy atom. The number of nitrogens with zero attached hydrogens (tertiary/aromatic N) is 1. The van der Waals surface area contributed by atoms with E-state index in [2.05, 4.69) is 15.9 Å². The number of hydrogen-bond acceptors (Lipinski definition) is 2. The molecule has 0 radical (unpaired) electrons. The van der Waals surface area contributed by atoms with Crippen molar-refractivity contribution in [3.63, 3.8) is 0 Å². The van der Waals surface area contributed by atoms with Crippen molar-refractivity contribution in [3.8, 4) is 0 Å². The molecule has 0 atom stereocenters. The fraction of sp³-hybridized carbons (Fsp3) is 0.200. The zero-order valence-electron chi connectivity index (χ0n) is 11.7. The summed E-state index contributed by atoms with van der Waals surface area (Å²) in [6.45, 7) is 2.21. The van der Waals surface area contributed by atoms with Crippen LogP contribution in [0.15, 0.2) is 51.8 Å². The van der Waals surface area contributed by atoms with E-state index < -0.39 is 10.0 Å². The molecule has 0 aromatic heterocycles. The SMILES string of the molecule is Cc1ccc(S(=O)(=O)N(C)Cc2ccc(Cl)cc2)c(Br)c1. The van der Waals surface area contributed by atoms with Gasteiger partial charge in [-0.25, -0.2) is 8.42 Å². The topological polar surface area (TPSA) is 37.4 Å². The summed E-state index contributed by atoms with van der Waals surface area (Å²) in [7, 11) is -1.98. The Bertz CT molecular complexity index is 745. The molecule has 0 aliphatic heterocycles. The van der Waals surface area contributed by atoms with Crippen LogP contribution < -0.4 is 0 Å². The van der Waals surface area contributed by atoms with E-state index in [9.17, 15) is 8.42 Å². The second kappa shape index (κ2) is 6.48. The summed E-state index contributed by atoms with van der Waals surface area (Å²) in [6.07, 6.45) is 0. The van der Waals surface area contributed by atoms with Crippen molar-refractivity contribution in [2.24, 2.45) is 0 Å². The van der Waals surface area contributed by atoms with Crippen molar-refractivity contribution in [2.75, 3.05) is 7.05 Å². The summed E-state index contributed by atoms with van der Waals surface area (Å²) in [5, 5.41) is 0.630. The minimum Gasteiger partial charge on any atom is -0.207 e. The molecule has 0 unspecified atom stereocenters. The first kappa shape index (κ1) is 16.5. The number of halogens is 2. The van der Waals surface area contributed by atoms with Crippen LogP contribution in [0.5, 0.6) is 0 Å². The predicted molar refractivity (Wildman–Crippen MR) is 89.0 cm³/mol. The molecule has 0 fully saturated rings. The van der Waals surface area contributed by atoms with Crippen LogP contribution >= 0.6 is 27.5 Å². The molecule has 0 amide bonds. The van der Waals surface area contributed by atoms with E-state index in [1.165, 1.54) is 4.31 Å². The largest absolute Gasteiger partial charge is 0.244 e. The van der Waals surface area contributed by atoms with Gasteiger partial charge >= 0.3 is 0 Å². The average Bonchev–Trinajstić information content (AvgIpc) is 2.40. The molecule has 0 saturated heterocycles. The maximum Gasteiger partial charge on any atom is 0.244 e. The second-order valence-electron chi connectivity index (χ2n) is 4.82. The molecule has 0 aliphatic rings. The number of sulfonamides is 1. The third-order valence-electron chi connectivity index (χ3n) is 3.09. The molecule has 2 rings (SSSR count). The van der Waals surface area contributed by atoms with Gasteiger partial charge < -0.3 is 0 Å². The zero-order valence-corrected chi connectivity index (χ0v) is 14.8. The number of hydrogen-bond donors (Lipinski definition) is 0. The van der Waals surface area contributed by atoms with Crippen LogP contribution in [0.2, 0.25) is 5.02 Å². The minimum atomic E-state index is -3.54. The third-order valence-corrected chi connectivity index (χ3v) is 6.13. The predicted octanol–water partition coefficient (Wildman–Crippen LogP) is 4.23. The molecule has 0 N–H and O–H groups in total. The summed E-state index contributed by atoms with van der Waals surface area (Å²) in [4.78, 5) is 0.268. The maximum atomic E-state index is 12.6. The first-order valence-electron chi connectivity index (χ1n) is 6.27. The van der Waals surface area contributed by atoms with Gasteiger partial charge in [0.2, 0.25) is 10.0 Å². The molecule has 0 aliphatic carbocycles. The summed E-state index contributed by atoms with van der Waals surface area (Å²) in [5.74, 6) is 0. The molecule has 0 bridgehead atoms. The molecule has 6 heteroatoms. The maximum absolute atomic E-state index is 12.6. The first-order valence-corrected chi connectivity index (χ1v) is 8.89. The lowest BCUT2D eigenvalue weighted by Crippen LogP contribution is -2.26. The van der Waals surface area contributed by atoms with Gasteiger partial charge in [-0.15, -0.1) is 0 Å². The lowest BCUT2D eigenvalue weighted by atomic mass is 10.2. The fourth-order valence-electron chi connectivity index (χ4n) is 1.91. The molecular weight excluding hydrogens is 374 g/mol. The van der Waals surface area contributed by atoms with Crippen LogP contribution in [0.1, 0.15) is 11.1 Å². The van der Waals surface area contributed by atoms with E-state index >= 15 is 0 Å². The highest BCUT2D eigenvalue weighted by atomic mass is 79.9. The van der Waals surface area contributed by atoms with Crippen LogP contribution in [0.4, 0.5) is 0 Å². The van der Waals surface area contributed by atoms with Gasteiger partial charge in [0.25, 0.3) is 0 Å². The quantitative estimate of drug-likeness (QED) is 0.786. The van der Waals surface area contributed by atoms with Gasteiger partial charge in [0.1, 0.15) is 0 Å². The summed E-state index contributed by atoms with van der Waals surface area (Å²) < 4.78 is 27.1. The van der Waals surface area contributed by atoms with Crippen LogP contribution in [-0.2, 0) is 16.6 Å².